The van der Waals surface area contributed by atoms with Crippen LogP contribution in [-0.2, 0) is 5.54 Å². The Hall–Kier alpha value is -1.66. The number of aliphatic hydroxyl groups excluding tert-OH is 1. The molecular weight excluding hydrogens is 256 g/mol. The van der Waals surface area contributed by atoms with Crippen LogP contribution < -0.4 is 5.32 Å². The zero-order valence-electron chi connectivity index (χ0n) is 12.0. The Labute approximate surface area is 117 Å². The van der Waals surface area contributed by atoms with Gasteiger partial charge in [-0.2, -0.15) is 0 Å². The molecule has 3 rings (SSSR count). The van der Waals surface area contributed by atoms with Gasteiger partial charge in [-0.1, -0.05) is 0 Å². The fourth-order valence-corrected chi connectivity index (χ4v) is 2.47. The molecule has 1 saturated heterocycles. The maximum absolute atomic E-state index is 9.71. The quantitative estimate of drug-likeness (QED) is 0.873. The van der Waals surface area contributed by atoms with Gasteiger partial charge < -0.3 is 14.8 Å². The van der Waals surface area contributed by atoms with Gasteiger partial charge in [-0.15, -0.1) is 5.10 Å². The van der Waals surface area contributed by atoms with E-state index in [1.165, 1.54) is 0 Å². The molecule has 0 spiro atoms. The molecule has 0 bridgehead atoms. The van der Waals surface area contributed by atoms with E-state index >= 15 is 0 Å². The molecule has 20 heavy (non-hydrogen) atoms. The molecule has 108 valence electrons. The highest BCUT2D eigenvalue weighted by atomic mass is 16.3. The molecule has 2 N–H and O–H groups in total. The molecular formula is C14H20N4O2. The van der Waals surface area contributed by atoms with Crippen molar-refractivity contribution >= 4 is 0 Å². The average Bonchev–Trinajstić information content (AvgIpc) is 3.06. The molecule has 0 amide bonds. The standard InChI is InChI=1S/C14H20N4O2/c1-14(2,3)18-13(10-7-9(19)8-15-10)16-12(17-18)11-5-4-6-20-11/h4-6,9-10,15,19H,7-8H2,1-3H3/t9-,10+/m1/s1. The fraction of sp³-hybridized carbons (Fsp3) is 0.571. The van der Waals surface area contributed by atoms with Gasteiger partial charge in [-0.05, 0) is 39.3 Å². The number of aromatic nitrogens is 3. The van der Waals surface area contributed by atoms with E-state index in [9.17, 15) is 5.11 Å². The molecule has 2 atom stereocenters. The second-order valence-electron chi connectivity index (χ2n) is 6.20. The molecule has 6 nitrogen and oxygen atoms in total. The van der Waals surface area contributed by atoms with Crippen molar-refractivity contribution in [1.29, 1.82) is 0 Å². The smallest absolute Gasteiger partial charge is 0.217 e. The van der Waals surface area contributed by atoms with Crippen molar-refractivity contribution in [3.63, 3.8) is 0 Å². The Bertz CT molecular complexity index is 583. The lowest BCUT2D eigenvalue weighted by Crippen LogP contribution is -2.29. The molecule has 0 aromatic carbocycles. The van der Waals surface area contributed by atoms with Crippen molar-refractivity contribution in [2.45, 2.75) is 44.9 Å². The minimum atomic E-state index is -0.322. The first-order chi connectivity index (χ1) is 9.45. The largest absolute Gasteiger partial charge is 0.461 e. The average molecular weight is 276 g/mol. The van der Waals surface area contributed by atoms with E-state index in [1.807, 2.05) is 16.8 Å². The van der Waals surface area contributed by atoms with Crippen LogP contribution in [0.3, 0.4) is 0 Å². The first-order valence-electron chi connectivity index (χ1n) is 6.88. The molecule has 6 heteroatoms. The van der Waals surface area contributed by atoms with Gasteiger partial charge >= 0.3 is 0 Å². The van der Waals surface area contributed by atoms with E-state index in [0.29, 0.717) is 24.6 Å². The van der Waals surface area contributed by atoms with Gasteiger partial charge in [0.1, 0.15) is 5.82 Å². The first kappa shape index (κ1) is 13.3. The van der Waals surface area contributed by atoms with Gasteiger partial charge in [0.25, 0.3) is 0 Å². The van der Waals surface area contributed by atoms with Crippen LogP contribution in [0.1, 0.15) is 39.1 Å². The molecule has 0 saturated carbocycles. The Morgan fingerprint density at radius 1 is 1.45 bits per heavy atom. The number of furan rings is 1. The van der Waals surface area contributed by atoms with Crippen molar-refractivity contribution in [3.8, 4) is 11.6 Å². The molecule has 1 aliphatic heterocycles. The van der Waals surface area contributed by atoms with Gasteiger partial charge in [-0.25, -0.2) is 9.67 Å². The Morgan fingerprint density at radius 2 is 2.25 bits per heavy atom. The van der Waals surface area contributed by atoms with Crippen LogP contribution >= 0.6 is 0 Å². The topological polar surface area (TPSA) is 76.1 Å². The summed E-state index contributed by atoms with van der Waals surface area (Å²) in [5.41, 5.74) is -0.178. The second-order valence-corrected chi connectivity index (χ2v) is 6.20. The number of hydrogen-bond acceptors (Lipinski definition) is 5. The van der Waals surface area contributed by atoms with E-state index in [4.69, 9.17) is 4.42 Å². The monoisotopic (exact) mass is 276 g/mol. The van der Waals surface area contributed by atoms with Crippen molar-refractivity contribution in [1.82, 2.24) is 20.1 Å². The van der Waals surface area contributed by atoms with Crippen molar-refractivity contribution in [2.24, 2.45) is 0 Å². The van der Waals surface area contributed by atoms with Crippen molar-refractivity contribution in [2.75, 3.05) is 6.54 Å². The minimum Gasteiger partial charge on any atom is -0.461 e. The number of nitrogens with zero attached hydrogens (tertiary/aromatic N) is 3. The molecule has 3 heterocycles. The molecule has 0 unspecified atom stereocenters. The van der Waals surface area contributed by atoms with E-state index < -0.39 is 0 Å². The highest BCUT2D eigenvalue weighted by Crippen LogP contribution is 2.28. The summed E-state index contributed by atoms with van der Waals surface area (Å²) in [6, 6.07) is 3.70. The fourth-order valence-electron chi connectivity index (χ4n) is 2.47. The number of hydrogen-bond donors (Lipinski definition) is 2. The molecule has 0 radical (unpaired) electrons. The summed E-state index contributed by atoms with van der Waals surface area (Å²) in [6.07, 6.45) is 1.95. The van der Waals surface area contributed by atoms with E-state index in [2.05, 4.69) is 36.2 Å². The van der Waals surface area contributed by atoms with Crippen molar-refractivity contribution in [3.05, 3.63) is 24.2 Å². The van der Waals surface area contributed by atoms with Gasteiger partial charge in [0.15, 0.2) is 5.76 Å². The van der Waals surface area contributed by atoms with Crippen LogP contribution in [0.5, 0.6) is 0 Å². The molecule has 1 fully saturated rings. The molecule has 2 aromatic heterocycles. The van der Waals surface area contributed by atoms with Gasteiger partial charge in [0.2, 0.25) is 5.82 Å². The Kier molecular flexibility index (Phi) is 3.14. The number of aliphatic hydroxyl groups is 1. The Morgan fingerprint density at radius 3 is 2.80 bits per heavy atom. The van der Waals surface area contributed by atoms with E-state index in [-0.39, 0.29) is 17.7 Å². The number of β-amino-alcohol motifs (C(OH)–C–C–N with tert-alkyl or cyclic N) is 1. The van der Waals surface area contributed by atoms with Crippen LogP contribution in [-0.4, -0.2) is 32.5 Å². The summed E-state index contributed by atoms with van der Waals surface area (Å²) in [5.74, 6) is 2.09. The highest BCUT2D eigenvalue weighted by molar-refractivity contribution is 5.45. The summed E-state index contributed by atoms with van der Waals surface area (Å²) >= 11 is 0. The summed E-state index contributed by atoms with van der Waals surface area (Å²) in [6.45, 7) is 6.85. The third-order valence-corrected chi connectivity index (χ3v) is 3.43. The highest BCUT2D eigenvalue weighted by Gasteiger charge is 2.32. The predicted octanol–water partition coefficient (Wildman–Crippen LogP) is 1.69. The van der Waals surface area contributed by atoms with Crippen LogP contribution in [0.2, 0.25) is 0 Å². The molecule has 2 aromatic rings. The molecule has 1 aliphatic rings. The normalized spacial score (nSPS) is 23.4. The molecule has 0 aliphatic carbocycles. The third kappa shape index (κ3) is 2.36. The minimum absolute atomic E-state index is 0.0282. The maximum Gasteiger partial charge on any atom is 0.217 e. The third-order valence-electron chi connectivity index (χ3n) is 3.43. The lowest BCUT2D eigenvalue weighted by molar-refractivity contribution is 0.192. The second kappa shape index (κ2) is 4.71. The van der Waals surface area contributed by atoms with Crippen LogP contribution in [0.25, 0.3) is 11.6 Å². The predicted molar refractivity (Wildman–Crippen MR) is 74.1 cm³/mol. The number of nitrogens with one attached hydrogen (secondary N) is 1. The number of rotatable bonds is 2. The van der Waals surface area contributed by atoms with Crippen LogP contribution in [0.15, 0.2) is 22.8 Å². The van der Waals surface area contributed by atoms with E-state index in [1.54, 1.807) is 6.26 Å². The Balaban J connectivity index is 2.03. The zero-order valence-corrected chi connectivity index (χ0v) is 12.0. The lowest BCUT2D eigenvalue weighted by Gasteiger charge is -2.23. The van der Waals surface area contributed by atoms with Crippen LogP contribution in [0, 0.1) is 0 Å². The summed E-state index contributed by atoms with van der Waals surface area (Å²) in [4.78, 5) is 4.62. The summed E-state index contributed by atoms with van der Waals surface area (Å²) in [5, 5.41) is 17.6. The van der Waals surface area contributed by atoms with E-state index in [0.717, 1.165) is 5.82 Å². The van der Waals surface area contributed by atoms with Gasteiger partial charge in [0.05, 0.1) is 23.9 Å². The van der Waals surface area contributed by atoms with Crippen molar-refractivity contribution < 1.29 is 9.52 Å². The lowest BCUT2D eigenvalue weighted by atomic mass is 10.1. The maximum atomic E-state index is 9.71. The van der Waals surface area contributed by atoms with Crippen LogP contribution in [0.4, 0.5) is 0 Å². The first-order valence-corrected chi connectivity index (χ1v) is 6.88. The summed E-state index contributed by atoms with van der Waals surface area (Å²) in [7, 11) is 0. The van der Waals surface area contributed by atoms with Gasteiger partial charge in [0, 0.05) is 6.54 Å². The SMILES string of the molecule is CC(C)(C)n1nc(-c2ccco2)nc1[C@@H]1C[C@@H](O)CN1. The van der Waals surface area contributed by atoms with Gasteiger partial charge in [-0.3, -0.25) is 0 Å². The zero-order chi connectivity index (χ0) is 14.3. The summed E-state index contributed by atoms with van der Waals surface area (Å²) < 4.78 is 7.29.